The van der Waals surface area contributed by atoms with Gasteiger partial charge in [-0.15, -0.1) is 0 Å². The normalized spacial score (nSPS) is 14.1. The van der Waals surface area contributed by atoms with Crippen molar-refractivity contribution in [3.05, 3.63) is 78.8 Å². The Morgan fingerprint density at radius 2 is 1.48 bits per heavy atom. The highest BCUT2D eigenvalue weighted by atomic mass is 16.5. The number of imidazole rings is 2. The number of fused-ring (bicyclic) bond motifs is 1. The van der Waals surface area contributed by atoms with Crippen molar-refractivity contribution in [3.63, 3.8) is 0 Å². The van der Waals surface area contributed by atoms with E-state index in [1.165, 1.54) is 20.6 Å². The molecule has 0 aliphatic carbocycles. The number of amides is 4. The first-order valence-corrected chi connectivity index (χ1v) is 19.9. The first kappa shape index (κ1) is 42.9. The minimum absolute atomic E-state index is 0.107. The number of pyridine rings is 1. The number of carbonyl (C=O) groups is 4. The molecule has 15 nitrogen and oxygen atoms in total. The molecule has 1 saturated heterocycles. The second-order valence-corrected chi connectivity index (χ2v) is 14.5. The summed E-state index contributed by atoms with van der Waals surface area (Å²) in [5.41, 5.74) is 5.50. The van der Waals surface area contributed by atoms with Crippen LogP contribution in [0.5, 0.6) is 0 Å². The molecule has 0 bridgehead atoms. The number of methoxy groups -OCH3 is 2. The fourth-order valence-corrected chi connectivity index (χ4v) is 6.71. The van der Waals surface area contributed by atoms with Gasteiger partial charge in [0.1, 0.15) is 17.7 Å². The van der Waals surface area contributed by atoms with Crippen molar-refractivity contribution in [2.45, 2.75) is 78.3 Å². The summed E-state index contributed by atoms with van der Waals surface area (Å²) in [6, 6.07) is 15.7. The maximum atomic E-state index is 13.5. The van der Waals surface area contributed by atoms with Gasteiger partial charge in [0.25, 0.3) is 0 Å². The number of aryl methyl sites for hydroxylation is 1. The molecule has 58 heavy (non-hydrogen) atoms. The molecule has 308 valence electrons. The van der Waals surface area contributed by atoms with E-state index in [0.717, 1.165) is 82.5 Å². The zero-order valence-corrected chi connectivity index (χ0v) is 34.2. The number of nitrogens with zero attached hydrogens (tertiary/aromatic N) is 4. The van der Waals surface area contributed by atoms with Crippen molar-refractivity contribution in [2.75, 3.05) is 33.9 Å². The number of likely N-dealkylation sites (tertiary alicyclic amines) is 1. The maximum Gasteiger partial charge on any atom is 0.407 e. The number of hydrogen-bond acceptors (Lipinski definition) is 9. The molecule has 15 heteroatoms. The Balaban J connectivity index is 0.00000207. The fourth-order valence-electron chi connectivity index (χ4n) is 6.71. The molecule has 5 N–H and O–H groups in total. The third-order valence-electron chi connectivity index (χ3n) is 9.73. The van der Waals surface area contributed by atoms with E-state index in [9.17, 15) is 19.2 Å². The summed E-state index contributed by atoms with van der Waals surface area (Å²) in [7, 11) is 2.54. The van der Waals surface area contributed by atoms with Gasteiger partial charge in [0.05, 0.1) is 56.3 Å². The van der Waals surface area contributed by atoms with Gasteiger partial charge in [0.15, 0.2) is 0 Å². The van der Waals surface area contributed by atoms with Crippen molar-refractivity contribution in [2.24, 2.45) is 5.92 Å². The zero-order valence-electron chi connectivity index (χ0n) is 34.2. The lowest BCUT2D eigenvalue weighted by Gasteiger charge is -2.30. The molecule has 2 unspecified atom stereocenters. The minimum atomic E-state index is -0.691. The Morgan fingerprint density at radius 3 is 2.17 bits per heavy atom. The average molecular weight is 794 g/mol. The van der Waals surface area contributed by atoms with Gasteiger partial charge in [-0.1, -0.05) is 58.4 Å². The second-order valence-electron chi connectivity index (χ2n) is 14.5. The predicted molar refractivity (Wildman–Crippen MR) is 223 cm³/mol. The summed E-state index contributed by atoms with van der Waals surface area (Å²) in [6.45, 7) is 9.02. The summed E-state index contributed by atoms with van der Waals surface area (Å²) in [4.78, 5) is 70.9. The minimum Gasteiger partial charge on any atom is -0.453 e. The van der Waals surface area contributed by atoms with E-state index in [1.54, 1.807) is 11.1 Å². The SMILES string of the molecule is CCC.COC(=O)NCC(=O)NCCCCc1ncc(-c2ccc3cc(-c4ccc(-c5cnc(C6CCCN6C(=O)C(NC(=O)OC)C(C)C)[nH]5)cn4)ccc3c2)[nH]1. The number of hydrogen-bond donors (Lipinski definition) is 5. The highest BCUT2D eigenvalue weighted by Gasteiger charge is 2.37. The molecular weight excluding hydrogens is 739 g/mol. The molecule has 1 fully saturated rings. The predicted octanol–water partition coefficient (Wildman–Crippen LogP) is 6.94. The van der Waals surface area contributed by atoms with E-state index in [0.29, 0.717) is 18.9 Å². The van der Waals surface area contributed by atoms with Crippen molar-refractivity contribution in [1.82, 2.24) is 45.8 Å². The quantitative estimate of drug-likeness (QED) is 0.0740. The van der Waals surface area contributed by atoms with Crippen molar-refractivity contribution in [3.8, 4) is 33.8 Å². The van der Waals surface area contributed by atoms with Gasteiger partial charge < -0.3 is 40.3 Å². The van der Waals surface area contributed by atoms with Crippen LogP contribution < -0.4 is 16.0 Å². The molecule has 4 heterocycles. The highest BCUT2D eigenvalue weighted by molar-refractivity contribution is 5.90. The molecule has 1 aliphatic rings. The molecule has 3 aromatic heterocycles. The Bertz CT molecular complexity index is 2150. The second kappa shape index (κ2) is 20.8. The standard InChI is InChI=1S/C40H47N9O6.C3H8/c1-24(2)36(48-40(53)55-4)38(51)49-17-7-8-33(49)37-44-22-32(47-37)29-14-15-30(42-20-29)27-12-10-26-19-28(13-11-25(26)18-27)31-21-43-34(46-31)9-5-6-16-41-35(50)23-45-39(52)54-3;1-3-2/h10-15,18-22,24,33,36H,5-9,16-17,23H2,1-4H3,(H,41,50)(H,43,46)(H,44,47)(H,45,52)(H,48,53);3H2,1-2H3. The van der Waals surface area contributed by atoms with Crippen LogP contribution in [0.15, 0.2) is 67.1 Å². The molecule has 2 aromatic carbocycles. The average Bonchev–Trinajstić information content (AvgIpc) is 4.03. The van der Waals surface area contributed by atoms with E-state index in [2.05, 4.69) is 90.9 Å². The number of aromatic amines is 2. The number of rotatable bonds is 14. The summed E-state index contributed by atoms with van der Waals surface area (Å²) in [5, 5.41) is 10.00. The monoisotopic (exact) mass is 793 g/mol. The van der Waals surface area contributed by atoms with E-state index < -0.39 is 18.2 Å². The maximum absolute atomic E-state index is 13.5. The number of unbranched alkanes of at least 4 members (excludes halogenated alkanes) is 1. The number of H-pyrrole nitrogens is 2. The van der Waals surface area contributed by atoms with Gasteiger partial charge in [-0.3, -0.25) is 14.6 Å². The van der Waals surface area contributed by atoms with Gasteiger partial charge in [-0.25, -0.2) is 19.6 Å². The molecule has 5 aromatic rings. The van der Waals surface area contributed by atoms with Crippen LogP contribution in [0.2, 0.25) is 0 Å². The number of nitrogens with one attached hydrogen (secondary N) is 5. The summed E-state index contributed by atoms with van der Waals surface area (Å²) in [6.07, 6.45) is 9.41. The molecular formula is C43H55N9O6. The van der Waals surface area contributed by atoms with Gasteiger partial charge >= 0.3 is 12.2 Å². The third kappa shape index (κ3) is 11.2. The zero-order chi connectivity index (χ0) is 41.6. The van der Waals surface area contributed by atoms with Crippen LogP contribution in [0.25, 0.3) is 44.5 Å². The molecule has 2 atom stereocenters. The number of ether oxygens (including phenoxy) is 2. The molecule has 0 radical (unpaired) electrons. The number of aromatic nitrogens is 5. The van der Waals surface area contributed by atoms with Crippen LogP contribution in [0, 0.1) is 5.92 Å². The van der Waals surface area contributed by atoms with Gasteiger partial charge in [0.2, 0.25) is 11.8 Å². The lowest BCUT2D eigenvalue weighted by atomic mass is 10.0. The Morgan fingerprint density at radius 1 is 0.810 bits per heavy atom. The first-order valence-electron chi connectivity index (χ1n) is 19.9. The number of benzene rings is 2. The van der Waals surface area contributed by atoms with E-state index in [4.69, 9.17) is 9.72 Å². The summed E-state index contributed by atoms with van der Waals surface area (Å²) in [5.74, 6) is 1.07. The van der Waals surface area contributed by atoms with Crippen molar-refractivity contribution in [1.29, 1.82) is 0 Å². The number of carbonyl (C=O) groups excluding carboxylic acids is 4. The van der Waals surface area contributed by atoms with Crippen LogP contribution in [-0.2, 0) is 25.5 Å². The van der Waals surface area contributed by atoms with Crippen LogP contribution >= 0.6 is 0 Å². The summed E-state index contributed by atoms with van der Waals surface area (Å²) >= 11 is 0. The Hall–Kier alpha value is -6.25. The molecule has 4 amide bonds. The van der Waals surface area contributed by atoms with Crippen LogP contribution in [0.4, 0.5) is 9.59 Å². The van der Waals surface area contributed by atoms with Gasteiger partial charge in [-0.2, -0.15) is 0 Å². The Kier molecular flexibility index (Phi) is 15.4. The van der Waals surface area contributed by atoms with Crippen LogP contribution in [0.3, 0.4) is 0 Å². The molecule has 0 saturated carbocycles. The van der Waals surface area contributed by atoms with Crippen LogP contribution in [-0.4, -0.2) is 93.7 Å². The lowest BCUT2D eigenvalue weighted by Crippen LogP contribution is -2.51. The van der Waals surface area contributed by atoms with Crippen LogP contribution in [0.1, 0.15) is 77.5 Å². The number of alkyl carbamates (subject to hydrolysis) is 2. The Labute approximate surface area is 339 Å². The highest BCUT2D eigenvalue weighted by Crippen LogP contribution is 2.33. The largest absolute Gasteiger partial charge is 0.453 e. The van der Waals surface area contributed by atoms with Gasteiger partial charge in [0, 0.05) is 42.4 Å². The molecule has 6 rings (SSSR count). The van der Waals surface area contributed by atoms with Crippen molar-refractivity contribution >= 4 is 34.8 Å². The molecule has 1 aliphatic heterocycles. The topological polar surface area (TPSA) is 196 Å². The third-order valence-corrected chi connectivity index (χ3v) is 9.73. The van der Waals surface area contributed by atoms with Gasteiger partial charge in [-0.05, 0) is 66.6 Å². The lowest BCUT2D eigenvalue weighted by molar-refractivity contribution is -0.135. The van der Waals surface area contributed by atoms with E-state index in [1.807, 2.05) is 38.4 Å². The smallest absolute Gasteiger partial charge is 0.407 e. The van der Waals surface area contributed by atoms with E-state index >= 15 is 0 Å². The van der Waals surface area contributed by atoms with Crippen molar-refractivity contribution < 1.29 is 28.7 Å². The fraction of sp³-hybridized carbons (Fsp3) is 0.419. The first-order chi connectivity index (χ1) is 28.0. The summed E-state index contributed by atoms with van der Waals surface area (Å²) < 4.78 is 9.20. The van der Waals surface area contributed by atoms with E-state index in [-0.39, 0.29) is 30.3 Å². The molecule has 0 spiro atoms.